The summed E-state index contributed by atoms with van der Waals surface area (Å²) >= 11 is 12.1. The molecule has 0 saturated carbocycles. The van der Waals surface area contributed by atoms with Gasteiger partial charge < -0.3 is 15.5 Å². The first kappa shape index (κ1) is 21.0. The van der Waals surface area contributed by atoms with E-state index in [2.05, 4.69) is 24.0 Å². The lowest BCUT2D eigenvalue weighted by Gasteiger charge is -2.08. The zero-order valence-corrected chi connectivity index (χ0v) is 18.3. The van der Waals surface area contributed by atoms with Crippen molar-refractivity contribution in [2.75, 3.05) is 5.73 Å². The standard InChI is InChI=1S/C25H20Cl2N2O2/c1-14(2)29-13-15-4-3-5-16(10-15)17-6-8-20-22(11-17)31-25(23(20)28)24(30)19-9-7-18(26)12-21(19)27/h3-12,29H,1,13,28H2,2H3. The Kier molecular flexibility index (Phi) is 5.77. The molecule has 0 spiro atoms. The van der Waals surface area contributed by atoms with Gasteiger partial charge in [-0.2, -0.15) is 0 Å². The monoisotopic (exact) mass is 450 g/mol. The number of carbonyl (C=O) groups is 1. The Morgan fingerprint density at radius 3 is 2.58 bits per heavy atom. The Morgan fingerprint density at radius 1 is 1.06 bits per heavy atom. The summed E-state index contributed by atoms with van der Waals surface area (Å²) in [5.74, 6) is -0.319. The second-order valence-corrected chi connectivity index (χ2v) is 8.19. The highest BCUT2D eigenvalue weighted by atomic mass is 35.5. The van der Waals surface area contributed by atoms with Crippen LogP contribution in [0, 0.1) is 0 Å². The number of ketones is 1. The molecular formula is C25H20Cl2N2O2. The van der Waals surface area contributed by atoms with Crippen LogP contribution in [0.2, 0.25) is 10.0 Å². The van der Waals surface area contributed by atoms with E-state index in [1.54, 1.807) is 12.1 Å². The molecule has 156 valence electrons. The second-order valence-electron chi connectivity index (χ2n) is 7.34. The van der Waals surface area contributed by atoms with Crippen molar-refractivity contribution in [1.29, 1.82) is 0 Å². The smallest absolute Gasteiger partial charge is 0.231 e. The third kappa shape index (κ3) is 4.31. The van der Waals surface area contributed by atoms with E-state index < -0.39 is 0 Å². The summed E-state index contributed by atoms with van der Waals surface area (Å²) in [5, 5.41) is 4.61. The first-order chi connectivity index (χ1) is 14.8. The first-order valence-corrected chi connectivity index (χ1v) is 10.4. The number of nitrogens with one attached hydrogen (secondary N) is 1. The number of benzene rings is 3. The summed E-state index contributed by atoms with van der Waals surface area (Å²) in [6.45, 7) is 6.48. The highest BCUT2D eigenvalue weighted by Crippen LogP contribution is 2.34. The van der Waals surface area contributed by atoms with Gasteiger partial charge in [-0.25, -0.2) is 0 Å². The Balaban J connectivity index is 1.70. The zero-order chi connectivity index (χ0) is 22.1. The highest BCUT2D eigenvalue weighted by Gasteiger charge is 2.22. The summed E-state index contributed by atoms with van der Waals surface area (Å²) in [6.07, 6.45) is 0. The molecule has 31 heavy (non-hydrogen) atoms. The number of anilines is 1. The predicted molar refractivity (Wildman–Crippen MR) is 128 cm³/mol. The van der Waals surface area contributed by atoms with Crippen molar-refractivity contribution in [2.45, 2.75) is 13.5 Å². The van der Waals surface area contributed by atoms with Crippen molar-refractivity contribution >= 4 is 45.6 Å². The van der Waals surface area contributed by atoms with E-state index in [4.69, 9.17) is 33.4 Å². The van der Waals surface area contributed by atoms with Gasteiger partial charge in [-0.15, -0.1) is 0 Å². The number of fused-ring (bicyclic) bond motifs is 1. The Morgan fingerprint density at radius 2 is 1.84 bits per heavy atom. The fourth-order valence-corrected chi connectivity index (χ4v) is 3.87. The molecule has 0 saturated heterocycles. The lowest BCUT2D eigenvalue weighted by molar-refractivity contribution is 0.101. The van der Waals surface area contributed by atoms with E-state index in [1.807, 2.05) is 37.3 Å². The number of carbonyl (C=O) groups excluding carboxylic acids is 1. The fraction of sp³-hybridized carbons (Fsp3) is 0.0800. The van der Waals surface area contributed by atoms with Gasteiger partial charge >= 0.3 is 0 Å². The van der Waals surface area contributed by atoms with E-state index in [0.29, 0.717) is 22.5 Å². The summed E-state index contributed by atoms with van der Waals surface area (Å²) in [6, 6.07) is 18.6. The molecular weight excluding hydrogens is 431 g/mol. The molecule has 6 heteroatoms. The van der Waals surface area contributed by atoms with Crippen LogP contribution in [-0.2, 0) is 6.54 Å². The molecule has 0 aliphatic rings. The minimum absolute atomic E-state index is 0.0655. The lowest BCUT2D eigenvalue weighted by Crippen LogP contribution is -2.09. The van der Waals surface area contributed by atoms with Crippen molar-refractivity contribution in [3.8, 4) is 11.1 Å². The topological polar surface area (TPSA) is 68.3 Å². The average Bonchev–Trinajstić information content (AvgIpc) is 3.08. The molecule has 4 rings (SSSR count). The molecule has 4 aromatic rings. The van der Waals surface area contributed by atoms with Crippen LogP contribution in [-0.4, -0.2) is 5.78 Å². The number of hydrogen-bond acceptors (Lipinski definition) is 4. The lowest BCUT2D eigenvalue weighted by atomic mass is 10.0. The zero-order valence-electron chi connectivity index (χ0n) is 16.8. The van der Waals surface area contributed by atoms with Gasteiger partial charge in [-0.05, 0) is 60.0 Å². The molecule has 1 heterocycles. The molecule has 0 unspecified atom stereocenters. The molecule has 0 amide bonds. The number of allylic oxidation sites excluding steroid dienone is 1. The molecule has 1 aromatic heterocycles. The van der Waals surface area contributed by atoms with Gasteiger partial charge in [0.2, 0.25) is 5.78 Å². The minimum atomic E-state index is -0.384. The molecule has 0 atom stereocenters. The Hall–Kier alpha value is -3.21. The summed E-state index contributed by atoms with van der Waals surface area (Å²) < 4.78 is 5.88. The van der Waals surface area contributed by atoms with E-state index in [9.17, 15) is 4.79 Å². The maximum atomic E-state index is 13.0. The van der Waals surface area contributed by atoms with Crippen molar-refractivity contribution in [3.63, 3.8) is 0 Å². The van der Waals surface area contributed by atoms with Gasteiger partial charge in [0.1, 0.15) is 5.58 Å². The number of nitrogens with two attached hydrogens (primary N) is 1. The van der Waals surface area contributed by atoms with Crippen LogP contribution >= 0.6 is 23.2 Å². The van der Waals surface area contributed by atoms with Crippen LogP contribution in [0.5, 0.6) is 0 Å². The molecule has 0 aliphatic heterocycles. The maximum Gasteiger partial charge on any atom is 0.231 e. The summed E-state index contributed by atoms with van der Waals surface area (Å²) in [5.41, 5.74) is 11.4. The predicted octanol–water partition coefficient (Wildman–Crippen LogP) is 6.84. The number of halogens is 2. The Labute approximate surface area is 190 Å². The Bertz CT molecular complexity index is 1320. The summed E-state index contributed by atoms with van der Waals surface area (Å²) in [4.78, 5) is 13.0. The first-order valence-electron chi connectivity index (χ1n) is 9.64. The molecule has 0 bridgehead atoms. The van der Waals surface area contributed by atoms with Gasteiger partial charge in [0.25, 0.3) is 0 Å². The number of nitrogen functional groups attached to an aromatic ring is 1. The van der Waals surface area contributed by atoms with Crippen molar-refractivity contribution in [1.82, 2.24) is 5.32 Å². The average molecular weight is 451 g/mol. The van der Waals surface area contributed by atoms with Crippen LogP contribution in [0.4, 0.5) is 5.69 Å². The highest BCUT2D eigenvalue weighted by molar-refractivity contribution is 6.37. The molecule has 3 N–H and O–H groups in total. The van der Waals surface area contributed by atoms with Crippen molar-refractivity contribution in [2.24, 2.45) is 0 Å². The minimum Gasteiger partial charge on any atom is -0.450 e. The molecule has 3 aromatic carbocycles. The van der Waals surface area contributed by atoms with Gasteiger partial charge in [0.15, 0.2) is 5.76 Å². The van der Waals surface area contributed by atoms with Gasteiger partial charge in [0, 0.05) is 28.2 Å². The number of furan rings is 1. The van der Waals surface area contributed by atoms with Crippen LogP contribution in [0.1, 0.15) is 28.6 Å². The van der Waals surface area contributed by atoms with E-state index >= 15 is 0 Å². The van der Waals surface area contributed by atoms with E-state index in [-0.39, 0.29) is 27.8 Å². The third-order valence-electron chi connectivity index (χ3n) is 4.97. The normalized spacial score (nSPS) is 10.9. The number of rotatable bonds is 6. The number of hydrogen-bond donors (Lipinski definition) is 2. The van der Waals surface area contributed by atoms with Crippen LogP contribution in [0.25, 0.3) is 22.1 Å². The molecule has 0 radical (unpaired) electrons. The van der Waals surface area contributed by atoms with Crippen LogP contribution in [0.3, 0.4) is 0 Å². The van der Waals surface area contributed by atoms with E-state index in [1.165, 1.54) is 6.07 Å². The fourth-order valence-electron chi connectivity index (χ4n) is 3.37. The van der Waals surface area contributed by atoms with E-state index in [0.717, 1.165) is 22.4 Å². The largest absolute Gasteiger partial charge is 0.450 e. The summed E-state index contributed by atoms with van der Waals surface area (Å²) in [7, 11) is 0. The van der Waals surface area contributed by atoms with Crippen LogP contribution < -0.4 is 11.1 Å². The quantitative estimate of drug-likeness (QED) is 0.315. The SMILES string of the molecule is C=C(C)NCc1cccc(-c2ccc3c(N)c(C(=O)c4ccc(Cl)cc4Cl)oc3c2)c1. The van der Waals surface area contributed by atoms with Crippen LogP contribution in [0.15, 0.2) is 77.4 Å². The van der Waals surface area contributed by atoms with Gasteiger partial charge in [-0.1, -0.05) is 54.0 Å². The maximum absolute atomic E-state index is 13.0. The van der Waals surface area contributed by atoms with Crippen molar-refractivity contribution < 1.29 is 9.21 Å². The van der Waals surface area contributed by atoms with Crippen molar-refractivity contribution in [3.05, 3.63) is 99.9 Å². The molecule has 0 fully saturated rings. The van der Waals surface area contributed by atoms with Gasteiger partial charge in [-0.3, -0.25) is 4.79 Å². The van der Waals surface area contributed by atoms with Gasteiger partial charge in [0.05, 0.1) is 10.7 Å². The third-order valence-corrected chi connectivity index (χ3v) is 5.51. The second kappa shape index (κ2) is 8.50. The molecule has 4 nitrogen and oxygen atoms in total. The molecule has 0 aliphatic carbocycles.